The second kappa shape index (κ2) is 5.85. The Hall–Kier alpha value is -2.18. The van der Waals surface area contributed by atoms with Gasteiger partial charge in [-0.15, -0.1) is 0 Å². The van der Waals surface area contributed by atoms with Crippen LogP contribution in [0.4, 0.5) is 5.95 Å². The summed E-state index contributed by atoms with van der Waals surface area (Å²) in [5, 5.41) is 2.85. The standard InChI is InChI=1S/C13H19N5O2/c1-8(19)18-5-3-4-9(7-18)11-10(12(14)20)6-16-13(15-2)17-11/h6,9H,3-5,7H2,1-2H3,(H2,14,20)(H,15,16,17). The number of anilines is 1. The monoisotopic (exact) mass is 277 g/mol. The highest BCUT2D eigenvalue weighted by Crippen LogP contribution is 2.28. The molecule has 1 aliphatic heterocycles. The molecule has 0 saturated carbocycles. The van der Waals surface area contributed by atoms with E-state index in [1.54, 1.807) is 18.9 Å². The Kier molecular flexibility index (Phi) is 4.16. The molecule has 2 amide bonds. The highest BCUT2D eigenvalue weighted by atomic mass is 16.2. The van der Waals surface area contributed by atoms with Gasteiger partial charge in [0.25, 0.3) is 5.91 Å². The van der Waals surface area contributed by atoms with Crippen LogP contribution in [0.1, 0.15) is 41.7 Å². The number of nitrogens with zero attached hydrogens (tertiary/aromatic N) is 3. The molecule has 1 saturated heterocycles. The number of nitrogens with one attached hydrogen (secondary N) is 1. The first kappa shape index (κ1) is 14.2. The molecule has 7 nitrogen and oxygen atoms in total. The first-order valence-corrected chi connectivity index (χ1v) is 6.63. The molecule has 0 aromatic carbocycles. The van der Waals surface area contributed by atoms with Crippen molar-refractivity contribution in [3.05, 3.63) is 17.5 Å². The lowest BCUT2D eigenvalue weighted by molar-refractivity contribution is -0.130. The topological polar surface area (TPSA) is 101 Å². The van der Waals surface area contributed by atoms with Gasteiger partial charge in [0.1, 0.15) is 0 Å². The highest BCUT2D eigenvalue weighted by molar-refractivity contribution is 5.93. The van der Waals surface area contributed by atoms with E-state index in [2.05, 4.69) is 15.3 Å². The molecule has 7 heteroatoms. The Morgan fingerprint density at radius 3 is 2.85 bits per heavy atom. The fourth-order valence-electron chi connectivity index (χ4n) is 2.50. The van der Waals surface area contributed by atoms with E-state index < -0.39 is 5.91 Å². The number of piperidine rings is 1. The van der Waals surface area contributed by atoms with Crippen LogP contribution in [-0.4, -0.2) is 46.8 Å². The predicted molar refractivity (Wildman–Crippen MR) is 74.3 cm³/mol. The molecule has 1 unspecified atom stereocenters. The third-order valence-corrected chi connectivity index (χ3v) is 3.56. The van der Waals surface area contributed by atoms with E-state index in [1.165, 1.54) is 6.20 Å². The van der Waals surface area contributed by atoms with Crippen LogP contribution in [0.5, 0.6) is 0 Å². The van der Waals surface area contributed by atoms with Gasteiger partial charge in [-0.3, -0.25) is 9.59 Å². The summed E-state index contributed by atoms with van der Waals surface area (Å²) >= 11 is 0. The van der Waals surface area contributed by atoms with Gasteiger partial charge in [-0.25, -0.2) is 9.97 Å². The van der Waals surface area contributed by atoms with E-state index in [4.69, 9.17) is 5.73 Å². The summed E-state index contributed by atoms with van der Waals surface area (Å²) in [6.07, 6.45) is 3.22. The van der Waals surface area contributed by atoms with Crippen molar-refractivity contribution < 1.29 is 9.59 Å². The van der Waals surface area contributed by atoms with Crippen LogP contribution in [0.3, 0.4) is 0 Å². The van der Waals surface area contributed by atoms with Gasteiger partial charge in [-0.1, -0.05) is 0 Å². The van der Waals surface area contributed by atoms with Crippen LogP contribution >= 0.6 is 0 Å². The van der Waals surface area contributed by atoms with Gasteiger partial charge in [0, 0.05) is 39.2 Å². The molecule has 1 fully saturated rings. The number of hydrogen-bond acceptors (Lipinski definition) is 5. The van der Waals surface area contributed by atoms with Gasteiger partial charge in [0.2, 0.25) is 11.9 Å². The van der Waals surface area contributed by atoms with Gasteiger partial charge in [0.15, 0.2) is 0 Å². The molecule has 0 radical (unpaired) electrons. The molecular formula is C13H19N5O2. The van der Waals surface area contributed by atoms with Crippen molar-refractivity contribution in [2.75, 3.05) is 25.5 Å². The fraction of sp³-hybridized carbons (Fsp3) is 0.538. The number of hydrogen-bond donors (Lipinski definition) is 2. The van der Waals surface area contributed by atoms with Crippen LogP contribution in [0.2, 0.25) is 0 Å². The van der Waals surface area contributed by atoms with Gasteiger partial charge in [-0.05, 0) is 12.8 Å². The minimum absolute atomic E-state index is 0.0187. The van der Waals surface area contributed by atoms with Crippen molar-refractivity contribution in [1.82, 2.24) is 14.9 Å². The van der Waals surface area contributed by atoms with E-state index in [1.807, 2.05) is 0 Å². The van der Waals surface area contributed by atoms with Gasteiger partial charge in [0.05, 0.1) is 11.3 Å². The summed E-state index contributed by atoms with van der Waals surface area (Å²) in [6, 6.07) is 0. The molecule has 1 aromatic heterocycles. The lowest BCUT2D eigenvalue weighted by Crippen LogP contribution is -2.38. The summed E-state index contributed by atoms with van der Waals surface area (Å²) in [5.74, 6) is -0.0315. The molecule has 2 heterocycles. The number of rotatable bonds is 3. The predicted octanol–water partition coefficient (Wildman–Crippen LogP) is 0.343. The molecule has 0 bridgehead atoms. The number of carbonyl (C=O) groups excluding carboxylic acids is 2. The number of primary amides is 1. The van der Waals surface area contributed by atoms with E-state index >= 15 is 0 Å². The van der Waals surface area contributed by atoms with Crippen LogP contribution in [0, 0.1) is 0 Å². The second-order valence-corrected chi connectivity index (χ2v) is 4.91. The van der Waals surface area contributed by atoms with Gasteiger partial charge >= 0.3 is 0 Å². The maximum atomic E-state index is 11.5. The molecule has 2 rings (SSSR count). The maximum absolute atomic E-state index is 11.5. The van der Waals surface area contributed by atoms with E-state index in [9.17, 15) is 9.59 Å². The third-order valence-electron chi connectivity index (χ3n) is 3.56. The largest absolute Gasteiger partial charge is 0.365 e. The Labute approximate surface area is 117 Å². The average Bonchev–Trinajstić information content (AvgIpc) is 2.46. The molecule has 1 aromatic rings. The summed E-state index contributed by atoms with van der Waals surface area (Å²) in [5.41, 5.74) is 6.35. The van der Waals surface area contributed by atoms with E-state index in [0.29, 0.717) is 23.8 Å². The van der Waals surface area contributed by atoms with Crippen molar-refractivity contribution in [1.29, 1.82) is 0 Å². The number of likely N-dealkylation sites (tertiary alicyclic amines) is 1. The van der Waals surface area contributed by atoms with Crippen molar-refractivity contribution in [2.24, 2.45) is 5.73 Å². The van der Waals surface area contributed by atoms with Crippen LogP contribution < -0.4 is 11.1 Å². The molecule has 0 aliphatic carbocycles. The number of amides is 2. The maximum Gasteiger partial charge on any atom is 0.252 e. The van der Waals surface area contributed by atoms with Crippen molar-refractivity contribution >= 4 is 17.8 Å². The first-order chi connectivity index (χ1) is 9.52. The smallest absolute Gasteiger partial charge is 0.252 e. The minimum Gasteiger partial charge on any atom is -0.365 e. The van der Waals surface area contributed by atoms with Crippen molar-refractivity contribution in [3.63, 3.8) is 0 Å². The molecule has 1 aliphatic rings. The average molecular weight is 277 g/mol. The SMILES string of the molecule is CNc1ncc(C(N)=O)c(C2CCCN(C(C)=O)C2)n1. The molecule has 1 atom stereocenters. The zero-order valence-corrected chi connectivity index (χ0v) is 11.7. The number of aromatic nitrogens is 2. The zero-order valence-electron chi connectivity index (χ0n) is 11.7. The van der Waals surface area contributed by atoms with Crippen molar-refractivity contribution in [3.8, 4) is 0 Å². The minimum atomic E-state index is -0.539. The number of carbonyl (C=O) groups is 2. The quantitative estimate of drug-likeness (QED) is 0.829. The molecule has 108 valence electrons. The molecule has 0 spiro atoms. The molecular weight excluding hydrogens is 258 g/mol. The Bertz CT molecular complexity index is 531. The molecule has 20 heavy (non-hydrogen) atoms. The molecule has 3 N–H and O–H groups in total. The van der Waals surface area contributed by atoms with E-state index in [-0.39, 0.29) is 11.8 Å². The zero-order chi connectivity index (χ0) is 14.7. The van der Waals surface area contributed by atoms with Gasteiger partial charge < -0.3 is 16.0 Å². The lowest BCUT2D eigenvalue weighted by atomic mass is 9.92. The van der Waals surface area contributed by atoms with Crippen LogP contribution in [0.25, 0.3) is 0 Å². The Morgan fingerprint density at radius 1 is 1.50 bits per heavy atom. The summed E-state index contributed by atoms with van der Waals surface area (Å²) in [7, 11) is 1.71. The summed E-state index contributed by atoms with van der Waals surface area (Å²) in [6.45, 7) is 2.87. The number of nitrogens with two attached hydrogens (primary N) is 1. The van der Waals surface area contributed by atoms with Crippen molar-refractivity contribution in [2.45, 2.75) is 25.7 Å². The van der Waals surface area contributed by atoms with Crippen LogP contribution in [-0.2, 0) is 4.79 Å². The summed E-state index contributed by atoms with van der Waals surface area (Å²) < 4.78 is 0. The normalized spacial score (nSPS) is 18.7. The Balaban J connectivity index is 2.34. The van der Waals surface area contributed by atoms with Crippen LogP contribution in [0.15, 0.2) is 6.20 Å². The Morgan fingerprint density at radius 2 is 2.25 bits per heavy atom. The summed E-state index contributed by atoms with van der Waals surface area (Å²) in [4.78, 5) is 33.2. The van der Waals surface area contributed by atoms with Gasteiger partial charge in [-0.2, -0.15) is 0 Å². The third kappa shape index (κ3) is 2.87. The first-order valence-electron chi connectivity index (χ1n) is 6.63. The fourth-order valence-corrected chi connectivity index (χ4v) is 2.50. The second-order valence-electron chi connectivity index (χ2n) is 4.91. The van der Waals surface area contributed by atoms with E-state index in [0.717, 1.165) is 19.4 Å². The highest BCUT2D eigenvalue weighted by Gasteiger charge is 2.27. The lowest BCUT2D eigenvalue weighted by Gasteiger charge is -2.32.